The maximum Gasteiger partial charge on any atom is 0.303 e. The maximum absolute atomic E-state index is 10.3. The Morgan fingerprint density at radius 2 is 1.36 bits per heavy atom. The van der Waals surface area contributed by atoms with E-state index in [1.807, 2.05) is 27.7 Å². The van der Waals surface area contributed by atoms with Gasteiger partial charge in [0.15, 0.2) is 0 Å². The number of carboxylic acid groups (broad SMARTS) is 1. The molecule has 0 heterocycles. The molecule has 0 aliphatic carbocycles. The highest BCUT2D eigenvalue weighted by Gasteiger charge is 1.98. The molecule has 3 nitrogen and oxygen atoms in total. The Balaban J connectivity index is 0. The summed E-state index contributed by atoms with van der Waals surface area (Å²) in [7, 11) is 0. The van der Waals surface area contributed by atoms with Gasteiger partial charge >= 0.3 is 5.97 Å². The molecule has 1 N–H and O–H groups in total. The van der Waals surface area contributed by atoms with Crippen molar-refractivity contribution >= 4 is 11.8 Å². The molecule has 0 saturated heterocycles. The summed E-state index contributed by atoms with van der Waals surface area (Å²) in [6, 6.07) is 0. The molecule has 0 saturated carbocycles. The predicted molar refractivity (Wildman–Crippen MR) is 57.2 cm³/mol. The van der Waals surface area contributed by atoms with E-state index in [1.165, 1.54) is 0 Å². The van der Waals surface area contributed by atoms with E-state index in [2.05, 4.69) is 0 Å². The predicted octanol–water partition coefficient (Wildman–Crippen LogP) is 2.74. The molecule has 0 radical (unpaired) electrons. The molecule has 0 aromatic heterocycles. The van der Waals surface area contributed by atoms with Gasteiger partial charge in [-0.15, -0.1) is 0 Å². The van der Waals surface area contributed by atoms with Crippen molar-refractivity contribution in [3.05, 3.63) is 0 Å². The molecule has 0 atom stereocenters. The van der Waals surface area contributed by atoms with E-state index in [0.717, 1.165) is 6.42 Å². The molecule has 14 heavy (non-hydrogen) atoms. The van der Waals surface area contributed by atoms with Crippen LogP contribution in [0.5, 0.6) is 0 Å². The number of Topliss-reactive ketones (excluding diaryl/α,β-unsaturated/α-hetero) is 1. The third kappa shape index (κ3) is 22.5. The minimum absolute atomic E-state index is 0.275. The second kappa shape index (κ2) is 8.73. The number of rotatable bonds is 4. The van der Waals surface area contributed by atoms with Crippen LogP contribution in [-0.4, -0.2) is 16.9 Å². The summed E-state index contributed by atoms with van der Waals surface area (Å²) >= 11 is 0. The van der Waals surface area contributed by atoms with Crippen LogP contribution in [0, 0.1) is 11.8 Å². The van der Waals surface area contributed by atoms with Crippen LogP contribution in [0.15, 0.2) is 0 Å². The van der Waals surface area contributed by atoms with Gasteiger partial charge < -0.3 is 9.90 Å². The quantitative estimate of drug-likeness (QED) is 0.762. The van der Waals surface area contributed by atoms with Gasteiger partial charge in [-0.25, -0.2) is 0 Å². The van der Waals surface area contributed by atoms with Crippen molar-refractivity contribution < 1.29 is 14.7 Å². The number of ketones is 1. The third-order valence-electron chi connectivity index (χ3n) is 1.28. The summed E-state index contributed by atoms with van der Waals surface area (Å²) in [6.07, 6.45) is 1.000. The fourth-order valence-corrected chi connectivity index (χ4v) is 0.924. The summed E-state index contributed by atoms with van der Waals surface area (Å²) < 4.78 is 0. The topological polar surface area (TPSA) is 54.4 Å². The monoisotopic (exact) mass is 202 g/mol. The lowest BCUT2D eigenvalue weighted by atomic mass is 10.1. The van der Waals surface area contributed by atoms with Gasteiger partial charge in [0.25, 0.3) is 0 Å². The lowest BCUT2D eigenvalue weighted by Gasteiger charge is -1.95. The Morgan fingerprint density at radius 1 is 1.00 bits per heavy atom. The summed E-state index contributed by atoms with van der Waals surface area (Å²) in [5.74, 6) is 0.375. The normalized spacial score (nSPS) is 9.64. The van der Waals surface area contributed by atoms with Crippen LogP contribution in [0.2, 0.25) is 0 Å². The minimum Gasteiger partial charge on any atom is -0.481 e. The third-order valence-corrected chi connectivity index (χ3v) is 1.28. The first-order chi connectivity index (χ1) is 6.25. The molecule has 0 rings (SSSR count). The van der Waals surface area contributed by atoms with Gasteiger partial charge in [0.05, 0.1) is 0 Å². The second-order valence-electron chi connectivity index (χ2n) is 4.29. The van der Waals surface area contributed by atoms with Crippen LogP contribution in [0.3, 0.4) is 0 Å². The minimum atomic E-state index is -0.713. The van der Waals surface area contributed by atoms with Crippen molar-refractivity contribution in [2.45, 2.75) is 47.5 Å². The molecule has 0 aliphatic heterocycles. The standard InChI is InChI=1S/C6H12O.C5H10O2/c1-5(2)4-6(3)7;1-4(2)3-5(6)7/h5H,4H2,1-3H3;4H,3H2,1-2H3,(H,6,7). The highest BCUT2D eigenvalue weighted by atomic mass is 16.4. The molecule has 0 aliphatic rings. The summed E-state index contributed by atoms with van der Waals surface area (Å²) in [6.45, 7) is 9.48. The first-order valence-corrected chi connectivity index (χ1v) is 4.96. The van der Waals surface area contributed by atoms with Crippen LogP contribution in [-0.2, 0) is 9.59 Å². The Labute approximate surface area is 86.5 Å². The molecule has 0 unspecified atom stereocenters. The molecule has 0 aromatic rings. The average Bonchev–Trinajstić information content (AvgIpc) is 1.79. The molecule has 0 aromatic carbocycles. The maximum atomic E-state index is 10.3. The van der Waals surface area contributed by atoms with Crippen LogP contribution < -0.4 is 0 Å². The van der Waals surface area contributed by atoms with Gasteiger partial charge in [-0.3, -0.25) is 4.79 Å². The molecule has 3 heteroatoms. The van der Waals surface area contributed by atoms with Gasteiger partial charge in [-0.2, -0.15) is 0 Å². The number of hydrogen-bond acceptors (Lipinski definition) is 2. The molecule has 0 amide bonds. The van der Waals surface area contributed by atoms with E-state index in [9.17, 15) is 9.59 Å². The highest BCUT2D eigenvalue weighted by molar-refractivity contribution is 5.75. The van der Waals surface area contributed by atoms with Gasteiger partial charge in [-0.05, 0) is 18.8 Å². The van der Waals surface area contributed by atoms with Crippen LogP contribution in [0.4, 0.5) is 0 Å². The van der Waals surface area contributed by atoms with E-state index in [-0.39, 0.29) is 18.1 Å². The van der Waals surface area contributed by atoms with E-state index in [0.29, 0.717) is 5.92 Å². The van der Waals surface area contributed by atoms with Gasteiger partial charge in [0.1, 0.15) is 5.78 Å². The van der Waals surface area contributed by atoms with E-state index in [1.54, 1.807) is 6.92 Å². The van der Waals surface area contributed by atoms with Crippen LogP contribution >= 0.6 is 0 Å². The van der Waals surface area contributed by atoms with Crippen molar-refractivity contribution in [2.24, 2.45) is 11.8 Å². The summed E-state index contributed by atoms with van der Waals surface area (Å²) in [5, 5.41) is 8.08. The molecule has 0 bridgehead atoms. The van der Waals surface area contributed by atoms with Crippen molar-refractivity contribution in [1.29, 1.82) is 0 Å². The zero-order valence-electron chi connectivity index (χ0n) is 9.83. The van der Waals surface area contributed by atoms with E-state index < -0.39 is 5.97 Å². The lowest BCUT2D eigenvalue weighted by molar-refractivity contribution is -0.137. The number of hydrogen-bond donors (Lipinski definition) is 1. The first-order valence-electron chi connectivity index (χ1n) is 4.96. The van der Waals surface area contributed by atoms with Gasteiger partial charge in [-0.1, -0.05) is 27.7 Å². The Hall–Kier alpha value is -0.860. The molecule has 0 spiro atoms. The second-order valence-corrected chi connectivity index (χ2v) is 4.29. The summed E-state index contributed by atoms with van der Waals surface area (Å²) in [4.78, 5) is 20.1. The van der Waals surface area contributed by atoms with Crippen LogP contribution in [0.1, 0.15) is 47.5 Å². The fraction of sp³-hybridized carbons (Fsp3) is 0.818. The number of carbonyl (C=O) groups excluding carboxylic acids is 1. The molecule has 84 valence electrons. The number of aliphatic carboxylic acids is 1. The van der Waals surface area contributed by atoms with Gasteiger partial charge in [0, 0.05) is 12.8 Å². The first kappa shape index (κ1) is 15.6. The van der Waals surface area contributed by atoms with Crippen molar-refractivity contribution in [3.63, 3.8) is 0 Å². The van der Waals surface area contributed by atoms with E-state index >= 15 is 0 Å². The van der Waals surface area contributed by atoms with Crippen molar-refractivity contribution in [3.8, 4) is 0 Å². The Bertz CT molecular complexity index is 151. The lowest BCUT2D eigenvalue weighted by Crippen LogP contribution is -1.99. The smallest absolute Gasteiger partial charge is 0.303 e. The largest absolute Gasteiger partial charge is 0.481 e. The zero-order valence-corrected chi connectivity index (χ0v) is 9.83. The molecule has 0 fully saturated rings. The average molecular weight is 202 g/mol. The van der Waals surface area contributed by atoms with Crippen LogP contribution in [0.25, 0.3) is 0 Å². The van der Waals surface area contributed by atoms with E-state index in [4.69, 9.17) is 5.11 Å². The zero-order chi connectivity index (χ0) is 11.7. The number of carbonyl (C=O) groups is 2. The molecular weight excluding hydrogens is 180 g/mol. The molecular formula is C11H22O3. The van der Waals surface area contributed by atoms with Crippen molar-refractivity contribution in [1.82, 2.24) is 0 Å². The SMILES string of the molecule is CC(=O)CC(C)C.CC(C)CC(=O)O. The Kier molecular flexibility index (Phi) is 9.73. The number of carboxylic acids is 1. The van der Waals surface area contributed by atoms with Gasteiger partial charge in [0.2, 0.25) is 0 Å². The summed E-state index contributed by atoms with van der Waals surface area (Å²) in [5.41, 5.74) is 0. The fourth-order valence-electron chi connectivity index (χ4n) is 0.924. The van der Waals surface area contributed by atoms with Crippen molar-refractivity contribution in [2.75, 3.05) is 0 Å². The Morgan fingerprint density at radius 3 is 1.36 bits per heavy atom. The highest BCUT2D eigenvalue weighted by Crippen LogP contribution is 1.98.